The summed E-state index contributed by atoms with van der Waals surface area (Å²) in [4.78, 5) is 31.9. The zero-order chi connectivity index (χ0) is 35.1. The number of fused-ring (bicyclic) bond motifs is 2. The lowest BCUT2D eigenvalue weighted by Crippen LogP contribution is -2.55. The van der Waals surface area contributed by atoms with E-state index in [1.165, 1.54) is 22.9 Å². The van der Waals surface area contributed by atoms with Gasteiger partial charge in [-0.15, -0.1) is 0 Å². The van der Waals surface area contributed by atoms with Crippen molar-refractivity contribution in [1.82, 2.24) is 29.5 Å². The van der Waals surface area contributed by atoms with Gasteiger partial charge in [0, 0.05) is 56.8 Å². The summed E-state index contributed by atoms with van der Waals surface area (Å²) in [5, 5.41) is 15.7. The summed E-state index contributed by atoms with van der Waals surface area (Å²) < 4.78 is 20.4. The smallest absolute Gasteiger partial charge is 0.318 e. The summed E-state index contributed by atoms with van der Waals surface area (Å²) in [6.45, 7) is 15.7. The van der Waals surface area contributed by atoms with Gasteiger partial charge in [0.2, 0.25) is 5.91 Å². The molecule has 1 aromatic carbocycles. The molecule has 1 amide bonds. The number of hydrogen-bond donors (Lipinski definition) is 0. The van der Waals surface area contributed by atoms with Crippen molar-refractivity contribution >= 4 is 28.3 Å². The molecule has 3 aromatic rings. The third-order valence-corrected chi connectivity index (χ3v) is 11.7. The van der Waals surface area contributed by atoms with Crippen molar-refractivity contribution < 1.29 is 19.0 Å². The Hall–Kier alpha value is -4.25. The molecule has 4 fully saturated rings. The molecule has 13 heteroatoms. The van der Waals surface area contributed by atoms with Crippen LogP contribution in [-0.4, -0.2) is 113 Å². The maximum atomic E-state index is 12.7. The molecule has 5 aliphatic rings. The van der Waals surface area contributed by atoms with Crippen LogP contribution in [0.3, 0.4) is 0 Å². The van der Waals surface area contributed by atoms with Crippen molar-refractivity contribution in [3.05, 3.63) is 47.3 Å². The number of nitriles is 1. The van der Waals surface area contributed by atoms with Crippen molar-refractivity contribution in [2.75, 3.05) is 75.5 Å². The molecule has 2 aromatic heterocycles. The average molecular weight is 696 g/mol. The molecule has 4 aliphatic heterocycles. The van der Waals surface area contributed by atoms with Crippen LogP contribution in [0.5, 0.6) is 6.01 Å². The van der Waals surface area contributed by atoms with Crippen LogP contribution in [0.2, 0.25) is 0 Å². The highest BCUT2D eigenvalue weighted by atomic mass is 16.5. The zero-order valence-electron chi connectivity index (χ0n) is 30.0. The van der Waals surface area contributed by atoms with Crippen molar-refractivity contribution in [2.45, 2.75) is 83.1 Å². The van der Waals surface area contributed by atoms with Crippen LogP contribution in [0.4, 0.5) is 11.5 Å². The molecule has 2 atom stereocenters. The molecule has 6 heterocycles. The molecule has 1 unspecified atom stereocenters. The second kappa shape index (κ2) is 14.1. The number of carbonyl (C=O) groups excluding carboxylic acids is 1. The van der Waals surface area contributed by atoms with E-state index in [0.29, 0.717) is 38.8 Å². The van der Waals surface area contributed by atoms with E-state index in [2.05, 4.69) is 51.9 Å². The van der Waals surface area contributed by atoms with Gasteiger partial charge in [-0.25, -0.2) is 4.68 Å². The van der Waals surface area contributed by atoms with Gasteiger partial charge in [-0.3, -0.25) is 9.69 Å². The monoisotopic (exact) mass is 695 g/mol. The first-order valence-corrected chi connectivity index (χ1v) is 18.6. The second-order valence-corrected chi connectivity index (χ2v) is 14.7. The van der Waals surface area contributed by atoms with Crippen LogP contribution in [-0.2, 0) is 27.2 Å². The fourth-order valence-corrected chi connectivity index (χ4v) is 8.53. The minimum atomic E-state index is -0.256. The number of rotatable bonds is 9. The van der Waals surface area contributed by atoms with Gasteiger partial charge in [-0.05, 0) is 75.6 Å². The van der Waals surface area contributed by atoms with Crippen LogP contribution in [0.25, 0.3) is 10.9 Å². The lowest BCUT2D eigenvalue weighted by atomic mass is 9.98. The van der Waals surface area contributed by atoms with Gasteiger partial charge in [0.05, 0.1) is 66.9 Å². The minimum absolute atomic E-state index is 0.0102. The lowest BCUT2D eigenvalue weighted by Gasteiger charge is -2.42. The summed E-state index contributed by atoms with van der Waals surface area (Å²) in [6.07, 6.45) is 9.69. The average Bonchev–Trinajstić information content (AvgIpc) is 3.86. The van der Waals surface area contributed by atoms with Crippen LogP contribution in [0.15, 0.2) is 24.9 Å². The Bertz CT molecular complexity index is 1840. The number of piperazine rings is 1. The largest absolute Gasteiger partial charge is 0.461 e. The Morgan fingerprint density at radius 2 is 1.96 bits per heavy atom. The van der Waals surface area contributed by atoms with Gasteiger partial charge in [0.1, 0.15) is 12.4 Å². The van der Waals surface area contributed by atoms with Gasteiger partial charge >= 0.3 is 6.01 Å². The number of carbonyl (C=O) groups is 1. The normalized spacial score (nSPS) is 23.5. The fraction of sp³-hybridized carbons (Fsp3) is 0.605. The Morgan fingerprint density at radius 1 is 1.12 bits per heavy atom. The predicted octanol–water partition coefficient (Wildman–Crippen LogP) is 4.07. The number of aryl methyl sites for hydroxylation is 1. The van der Waals surface area contributed by atoms with Crippen molar-refractivity contribution in [1.29, 1.82) is 5.26 Å². The molecule has 3 saturated heterocycles. The first-order chi connectivity index (χ1) is 24.9. The summed E-state index contributed by atoms with van der Waals surface area (Å²) in [5.74, 6) is 0.711. The number of benzene rings is 1. The molecule has 0 spiro atoms. The van der Waals surface area contributed by atoms with Gasteiger partial charge < -0.3 is 28.9 Å². The topological polar surface area (TPSA) is 125 Å². The Labute approximate surface area is 299 Å². The van der Waals surface area contributed by atoms with Crippen LogP contribution < -0.4 is 14.5 Å². The lowest BCUT2D eigenvalue weighted by molar-refractivity contribution is -0.128. The third-order valence-electron chi connectivity index (χ3n) is 11.7. The molecule has 0 radical (unpaired) electrons. The molecule has 0 bridgehead atoms. The SMILES string of the molecule is C=CC(=O)N1CCN(c2nc(OCC3(N4CCOCC4)CC3)nc3c2CCN(c2c(C)c(C)cc4c2cnn4C2CCCCO2)C3)C[C@@H]1CC#N. The quantitative estimate of drug-likeness (QED) is 0.301. The molecule has 13 nitrogen and oxygen atoms in total. The third kappa shape index (κ3) is 6.42. The van der Waals surface area contributed by atoms with Gasteiger partial charge in [0.25, 0.3) is 0 Å². The van der Waals surface area contributed by atoms with E-state index in [4.69, 9.17) is 29.3 Å². The zero-order valence-corrected chi connectivity index (χ0v) is 30.0. The van der Waals surface area contributed by atoms with Crippen molar-refractivity contribution in [3.63, 3.8) is 0 Å². The predicted molar refractivity (Wildman–Crippen MR) is 193 cm³/mol. The Balaban J connectivity index is 1.13. The highest BCUT2D eigenvalue weighted by molar-refractivity contribution is 5.95. The first-order valence-electron chi connectivity index (χ1n) is 18.6. The maximum Gasteiger partial charge on any atom is 0.318 e. The molecule has 1 saturated carbocycles. The number of ether oxygens (including phenoxy) is 3. The van der Waals surface area contributed by atoms with E-state index in [9.17, 15) is 10.1 Å². The highest BCUT2D eigenvalue weighted by Gasteiger charge is 2.49. The van der Waals surface area contributed by atoms with E-state index in [-0.39, 0.29) is 30.1 Å². The minimum Gasteiger partial charge on any atom is -0.461 e. The van der Waals surface area contributed by atoms with Gasteiger partial charge in [-0.1, -0.05) is 6.58 Å². The Kier molecular flexibility index (Phi) is 9.33. The van der Waals surface area contributed by atoms with Crippen LogP contribution in [0.1, 0.15) is 67.1 Å². The summed E-state index contributed by atoms with van der Waals surface area (Å²) in [5.41, 5.74) is 6.83. The second-order valence-electron chi connectivity index (χ2n) is 14.7. The molecule has 270 valence electrons. The van der Waals surface area contributed by atoms with Crippen LogP contribution >= 0.6 is 0 Å². The van der Waals surface area contributed by atoms with Crippen molar-refractivity contribution in [3.8, 4) is 12.1 Å². The number of hydrogen-bond acceptors (Lipinski definition) is 11. The van der Waals surface area contributed by atoms with Gasteiger partial charge in [-0.2, -0.15) is 20.3 Å². The summed E-state index contributed by atoms with van der Waals surface area (Å²) in [6, 6.07) is 4.67. The molecule has 8 rings (SSSR count). The summed E-state index contributed by atoms with van der Waals surface area (Å²) >= 11 is 0. The Morgan fingerprint density at radius 3 is 2.71 bits per heavy atom. The standard InChI is InChI=1S/C38H49N9O4/c1-4-33(48)46-15-14-44(23-28(46)8-12-39)36-29-9-13-43(24-31(29)41-37(42-36)51-25-38(10-11-38)45-16-19-49-20-17-45)35-27(3)26(2)21-32-30(35)22-40-47(32)34-7-5-6-18-50-34/h4,21-22,28,34H,1,5-11,13-20,23-25H2,2-3H3/t28-,34?/m0/s1. The van der Waals surface area contributed by atoms with E-state index in [1.807, 2.05) is 6.20 Å². The summed E-state index contributed by atoms with van der Waals surface area (Å²) in [7, 11) is 0. The number of nitrogens with zero attached hydrogens (tertiary/aromatic N) is 9. The first kappa shape index (κ1) is 33.9. The molecule has 1 aliphatic carbocycles. The van der Waals surface area contributed by atoms with Crippen molar-refractivity contribution in [2.24, 2.45) is 0 Å². The van der Waals surface area contributed by atoms with Crippen LogP contribution in [0, 0.1) is 25.2 Å². The van der Waals surface area contributed by atoms with E-state index < -0.39 is 0 Å². The molecular formula is C38H49N9O4. The number of aromatic nitrogens is 4. The molecular weight excluding hydrogens is 646 g/mol. The number of morpholine rings is 1. The number of amides is 1. The van der Waals surface area contributed by atoms with Gasteiger partial charge in [0.15, 0.2) is 6.23 Å². The molecule has 0 N–H and O–H groups in total. The fourth-order valence-electron chi connectivity index (χ4n) is 8.53. The molecule has 51 heavy (non-hydrogen) atoms. The highest BCUT2D eigenvalue weighted by Crippen LogP contribution is 2.43. The van der Waals surface area contributed by atoms with E-state index in [1.54, 1.807) is 4.90 Å². The van der Waals surface area contributed by atoms with E-state index in [0.717, 1.165) is 106 Å². The maximum absolute atomic E-state index is 12.7. The number of anilines is 2. The van der Waals surface area contributed by atoms with E-state index >= 15 is 0 Å².